The minimum Gasteiger partial charge on any atom is -0.302 e. The van der Waals surface area contributed by atoms with Crippen molar-refractivity contribution >= 4 is 0 Å². The summed E-state index contributed by atoms with van der Waals surface area (Å²) in [7, 11) is 0. The Morgan fingerprint density at radius 2 is 1.75 bits per heavy atom. The predicted molar refractivity (Wildman–Crippen MR) is 81.7 cm³/mol. The van der Waals surface area contributed by atoms with E-state index in [2.05, 4.69) is 23.8 Å². The highest BCUT2D eigenvalue weighted by atomic mass is 16.1. The zero-order valence-electron chi connectivity index (χ0n) is 12.1. The summed E-state index contributed by atoms with van der Waals surface area (Å²) in [6.07, 6.45) is 0. The summed E-state index contributed by atoms with van der Waals surface area (Å²) in [5, 5.41) is 4.46. The third kappa shape index (κ3) is 3.54. The molecule has 0 aliphatic carbocycles. The lowest BCUT2D eigenvalue weighted by Gasteiger charge is -2.18. The van der Waals surface area contributed by atoms with Crippen LogP contribution in [0.5, 0.6) is 0 Å². The Balaban J connectivity index is 2.19. The van der Waals surface area contributed by atoms with Gasteiger partial charge in [-0.3, -0.25) is 4.79 Å². The van der Waals surface area contributed by atoms with Gasteiger partial charge in [0.15, 0.2) is 0 Å². The van der Waals surface area contributed by atoms with Crippen molar-refractivity contribution in [3.05, 3.63) is 52.8 Å². The molecule has 0 spiro atoms. The first-order valence-corrected chi connectivity index (χ1v) is 7.10. The number of rotatable bonds is 6. The van der Waals surface area contributed by atoms with Gasteiger partial charge in [0, 0.05) is 18.2 Å². The monoisotopic (exact) mass is 271 g/mol. The average Bonchev–Trinajstić information content (AvgIpc) is 2.51. The maximum Gasteiger partial charge on any atom is 0.266 e. The molecule has 106 valence electrons. The molecular weight excluding hydrogens is 250 g/mol. The van der Waals surface area contributed by atoms with Gasteiger partial charge in [-0.15, -0.1) is 0 Å². The molecule has 0 fully saturated rings. The van der Waals surface area contributed by atoms with Gasteiger partial charge in [-0.05, 0) is 19.2 Å². The summed E-state index contributed by atoms with van der Waals surface area (Å²) in [6, 6.07) is 13.3. The van der Waals surface area contributed by atoms with Crippen molar-refractivity contribution in [1.82, 2.24) is 14.7 Å². The first-order valence-electron chi connectivity index (χ1n) is 7.10. The Morgan fingerprint density at radius 3 is 2.40 bits per heavy atom. The molecule has 0 aliphatic heterocycles. The Hall–Kier alpha value is -1.94. The summed E-state index contributed by atoms with van der Waals surface area (Å²) < 4.78 is 1.56. The number of likely N-dealkylation sites (N-methyl/N-ethyl adjacent to an activating group) is 1. The molecule has 2 aromatic rings. The van der Waals surface area contributed by atoms with Crippen LogP contribution in [0.4, 0.5) is 0 Å². The van der Waals surface area contributed by atoms with Gasteiger partial charge in [0.05, 0.1) is 12.2 Å². The first kappa shape index (κ1) is 14.5. The molecule has 1 heterocycles. The van der Waals surface area contributed by atoms with Crippen LogP contribution in [0.15, 0.2) is 47.3 Å². The van der Waals surface area contributed by atoms with E-state index in [9.17, 15) is 4.79 Å². The summed E-state index contributed by atoms with van der Waals surface area (Å²) in [6.45, 7) is 7.70. The van der Waals surface area contributed by atoms with Crippen LogP contribution in [-0.4, -0.2) is 34.3 Å². The number of hydrogen-bond acceptors (Lipinski definition) is 3. The molecule has 0 bridgehead atoms. The van der Waals surface area contributed by atoms with Crippen molar-refractivity contribution in [2.24, 2.45) is 0 Å². The van der Waals surface area contributed by atoms with E-state index >= 15 is 0 Å². The minimum atomic E-state index is -0.0446. The van der Waals surface area contributed by atoms with Crippen LogP contribution >= 0.6 is 0 Å². The van der Waals surface area contributed by atoms with Gasteiger partial charge in [-0.25, -0.2) is 4.68 Å². The number of benzene rings is 1. The highest BCUT2D eigenvalue weighted by Gasteiger charge is 2.05. The fraction of sp³-hybridized carbons (Fsp3) is 0.375. The average molecular weight is 271 g/mol. The maximum atomic E-state index is 11.9. The largest absolute Gasteiger partial charge is 0.302 e. The van der Waals surface area contributed by atoms with Crippen LogP contribution in [0.1, 0.15) is 13.8 Å². The lowest BCUT2D eigenvalue weighted by Crippen LogP contribution is -2.31. The Labute approximate surface area is 119 Å². The third-order valence-corrected chi connectivity index (χ3v) is 3.46. The number of hydrogen-bond donors (Lipinski definition) is 0. The fourth-order valence-corrected chi connectivity index (χ4v) is 2.15. The molecule has 0 aliphatic rings. The topological polar surface area (TPSA) is 38.1 Å². The van der Waals surface area contributed by atoms with Crippen LogP contribution in [-0.2, 0) is 6.54 Å². The van der Waals surface area contributed by atoms with E-state index in [-0.39, 0.29) is 5.56 Å². The molecule has 4 nitrogen and oxygen atoms in total. The standard InChI is InChI=1S/C16H21N3O/c1-3-18(4-2)12-13-19-16(20)11-10-15(17-19)14-8-6-5-7-9-14/h5-11H,3-4,12-13H2,1-2H3. The molecule has 0 saturated heterocycles. The lowest BCUT2D eigenvalue weighted by atomic mass is 10.1. The fourth-order valence-electron chi connectivity index (χ4n) is 2.15. The zero-order chi connectivity index (χ0) is 14.4. The molecule has 0 radical (unpaired) electrons. The molecule has 0 N–H and O–H groups in total. The first-order chi connectivity index (χ1) is 9.74. The highest BCUT2D eigenvalue weighted by Crippen LogP contribution is 2.13. The number of aromatic nitrogens is 2. The molecule has 1 aromatic carbocycles. The molecule has 2 rings (SSSR count). The Kier molecular flexibility index (Phi) is 5.07. The second-order valence-corrected chi connectivity index (χ2v) is 4.67. The molecule has 20 heavy (non-hydrogen) atoms. The SMILES string of the molecule is CCN(CC)CCn1nc(-c2ccccc2)ccc1=O. The molecule has 0 unspecified atom stereocenters. The summed E-state index contributed by atoms with van der Waals surface area (Å²) in [5.41, 5.74) is 1.82. The van der Waals surface area contributed by atoms with Crippen molar-refractivity contribution in [3.8, 4) is 11.3 Å². The van der Waals surface area contributed by atoms with E-state index in [1.165, 1.54) is 0 Å². The van der Waals surface area contributed by atoms with Crippen LogP contribution in [0.25, 0.3) is 11.3 Å². The van der Waals surface area contributed by atoms with Crippen LogP contribution < -0.4 is 5.56 Å². The summed E-state index contributed by atoms with van der Waals surface area (Å²) >= 11 is 0. The Bertz CT molecular complexity index is 588. The van der Waals surface area contributed by atoms with Crippen LogP contribution in [0.3, 0.4) is 0 Å². The van der Waals surface area contributed by atoms with Crippen molar-refractivity contribution in [3.63, 3.8) is 0 Å². The van der Waals surface area contributed by atoms with E-state index in [1.54, 1.807) is 16.8 Å². The van der Waals surface area contributed by atoms with Gasteiger partial charge in [-0.2, -0.15) is 5.10 Å². The molecule has 1 aromatic heterocycles. The van der Waals surface area contributed by atoms with E-state index in [4.69, 9.17) is 0 Å². The van der Waals surface area contributed by atoms with Crippen molar-refractivity contribution in [1.29, 1.82) is 0 Å². The van der Waals surface area contributed by atoms with Crippen molar-refractivity contribution in [2.45, 2.75) is 20.4 Å². The molecule has 0 saturated carbocycles. The van der Waals surface area contributed by atoms with E-state index in [1.807, 2.05) is 30.3 Å². The van der Waals surface area contributed by atoms with Crippen LogP contribution in [0, 0.1) is 0 Å². The van der Waals surface area contributed by atoms with Gasteiger partial charge < -0.3 is 4.90 Å². The minimum absolute atomic E-state index is 0.0446. The quantitative estimate of drug-likeness (QED) is 0.809. The summed E-state index contributed by atoms with van der Waals surface area (Å²) in [5.74, 6) is 0. The molecule has 0 atom stereocenters. The highest BCUT2D eigenvalue weighted by molar-refractivity contribution is 5.57. The van der Waals surface area contributed by atoms with E-state index in [0.29, 0.717) is 6.54 Å². The van der Waals surface area contributed by atoms with Gasteiger partial charge in [0.2, 0.25) is 0 Å². The second-order valence-electron chi connectivity index (χ2n) is 4.67. The molecule has 0 amide bonds. The van der Waals surface area contributed by atoms with Gasteiger partial charge in [0.25, 0.3) is 5.56 Å². The normalized spacial score (nSPS) is 10.9. The summed E-state index contributed by atoms with van der Waals surface area (Å²) in [4.78, 5) is 14.2. The van der Waals surface area contributed by atoms with Gasteiger partial charge >= 0.3 is 0 Å². The van der Waals surface area contributed by atoms with Crippen LogP contribution in [0.2, 0.25) is 0 Å². The van der Waals surface area contributed by atoms with E-state index < -0.39 is 0 Å². The van der Waals surface area contributed by atoms with E-state index in [0.717, 1.165) is 30.9 Å². The lowest BCUT2D eigenvalue weighted by molar-refractivity contribution is 0.283. The van der Waals surface area contributed by atoms with Crippen molar-refractivity contribution in [2.75, 3.05) is 19.6 Å². The Morgan fingerprint density at radius 1 is 1.05 bits per heavy atom. The molecular formula is C16H21N3O. The number of nitrogens with zero attached hydrogens (tertiary/aromatic N) is 3. The smallest absolute Gasteiger partial charge is 0.266 e. The predicted octanol–water partition coefficient (Wildman–Crippen LogP) is 2.25. The second kappa shape index (κ2) is 7.01. The van der Waals surface area contributed by atoms with Gasteiger partial charge in [0.1, 0.15) is 0 Å². The zero-order valence-corrected chi connectivity index (χ0v) is 12.1. The van der Waals surface area contributed by atoms with Gasteiger partial charge in [-0.1, -0.05) is 44.2 Å². The maximum absolute atomic E-state index is 11.9. The molecule has 4 heteroatoms. The third-order valence-electron chi connectivity index (χ3n) is 3.46. The van der Waals surface area contributed by atoms with Crippen molar-refractivity contribution < 1.29 is 0 Å².